The van der Waals surface area contributed by atoms with Crippen LogP contribution in [0.15, 0.2) is 42.5 Å². The number of alkyl halides is 1. The summed E-state index contributed by atoms with van der Waals surface area (Å²) in [5, 5.41) is 0.520. The van der Waals surface area contributed by atoms with Crippen molar-refractivity contribution in [2.75, 3.05) is 0 Å². The van der Waals surface area contributed by atoms with E-state index in [2.05, 4.69) is 34.7 Å². The standard InChI is InChI=1S/C16H14Cl2N2/c1-10-6-7-15-14(8-10)19-16(11(2)17)20(15)13-5-3-4-12(18)9-13/h3-9,11H,1-2H3. The lowest BCUT2D eigenvalue weighted by atomic mass is 10.2. The Labute approximate surface area is 128 Å². The predicted molar refractivity (Wildman–Crippen MR) is 85.1 cm³/mol. The monoisotopic (exact) mass is 304 g/mol. The number of benzene rings is 2. The number of hydrogen-bond acceptors (Lipinski definition) is 1. The van der Waals surface area contributed by atoms with Gasteiger partial charge in [-0.05, 0) is 49.7 Å². The molecule has 3 rings (SSSR count). The zero-order chi connectivity index (χ0) is 14.3. The number of halogens is 2. The summed E-state index contributed by atoms with van der Waals surface area (Å²) in [5.74, 6) is 0.828. The minimum Gasteiger partial charge on any atom is -0.295 e. The maximum Gasteiger partial charge on any atom is 0.132 e. The molecule has 0 saturated heterocycles. The maximum absolute atomic E-state index is 6.29. The number of imidazole rings is 1. The van der Waals surface area contributed by atoms with Gasteiger partial charge in [0.1, 0.15) is 5.82 Å². The van der Waals surface area contributed by atoms with Crippen molar-refractivity contribution >= 4 is 34.2 Å². The fourth-order valence-corrected chi connectivity index (χ4v) is 2.69. The molecule has 0 amide bonds. The first-order valence-corrected chi connectivity index (χ1v) is 7.27. The van der Waals surface area contributed by atoms with Gasteiger partial charge in [-0.3, -0.25) is 4.57 Å². The summed E-state index contributed by atoms with van der Waals surface area (Å²) in [6.45, 7) is 3.98. The summed E-state index contributed by atoms with van der Waals surface area (Å²) in [7, 11) is 0. The second-order valence-electron chi connectivity index (χ2n) is 4.89. The van der Waals surface area contributed by atoms with E-state index in [0.717, 1.165) is 22.5 Å². The first kappa shape index (κ1) is 13.5. The van der Waals surface area contributed by atoms with Gasteiger partial charge in [0.15, 0.2) is 0 Å². The van der Waals surface area contributed by atoms with E-state index < -0.39 is 0 Å². The fourth-order valence-electron chi connectivity index (χ4n) is 2.36. The molecule has 0 fully saturated rings. The topological polar surface area (TPSA) is 17.8 Å². The normalized spacial score (nSPS) is 12.8. The summed E-state index contributed by atoms with van der Waals surface area (Å²) < 4.78 is 2.07. The van der Waals surface area contributed by atoms with Crippen molar-refractivity contribution in [1.82, 2.24) is 9.55 Å². The summed E-state index contributed by atoms with van der Waals surface area (Å²) >= 11 is 12.4. The molecular formula is C16H14Cl2N2. The largest absolute Gasteiger partial charge is 0.295 e. The molecule has 0 spiro atoms. The molecule has 1 unspecified atom stereocenters. The molecule has 0 radical (unpaired) electrons. The molecule has 0 saturated carbocycles. The highest BCUT2D eigenvalue weighted by atomic mass is 35.5. The third-order valence-electron chi connectivity index (χ3n) is 3.26. The zero-order valence-electron chi connectivity index (χ0n) is 11.3. The number of nitrogens with zero attached hydrogens (tertiary/aromatic N) is 2. The van der Waals surface area contributed by atoms with Crippen LogP contribution in [0.4, 0.5) is 0 Å². The average Bonchev–Trinajstić information content (AvgIpc) is 2.77. The highest BCUT2D eigenvalue weighted by Crippen LogP contribution is 2.29. The molecule has 0 aliphatic rings. The van der Waals surface area contributed by atoms with Gasteiger partial charge < -0.3 is 0 Å². The summed E-state index contributed by atoms with van der Waals surface area (Å²) in [5.41, 5.74) is 4.15. The number of fused-ring (bicyclic) bond motifs is 1. The van der Waals surface area contributed by atoms with Crippen molar-refractivity contribution in [2.45, 2.75) is 19.2 Å². The van der Waals surface area contributed by atoms with Gasteiger partial charge in [0.2, 0.25) is 0 Å². The van der Waals surface area contributed by atoms with Crippen LogP contribution in [0.5, 0.6) is 0 Å². The summed E-state index contributed by atoms with van der Waals surface area (Å²) in [6.07, 6.45) is 0. The van der Waals surface area contributed by atoms with E-state index in [-0.39, 0.29) is 5.38 Å². The van der Waals surface area contributed by atoms with E-state index in [1.165, 1.54) is 5.56 Å². The molecular weight excluding hydrogens is 291 g/mol. The minimum atomic E-state index is -0.179. The molecule has 1 heterocycles. The third kappa shape index (κ3) is 2.30. The predicted octanol–water partition coefficient (Wildman–Crippen LogP) is 5.29. The zero-order valence-corrected chi connectivity index (χ0v) is 12.8. The fraction of sp³-hybridized carbons (Fsp3) is 0.188. The lowest BCUT2D eigenvalue weighted by molar-refractivity contribution is 0.882. The van der Waals surface area contributed by atoms with Gasteiger partial charge in [-0.2, -0.15) is 0 Å². The highest BCUT2D eigenvalue weighted by Gasteiger charge is 2.16. The maximum atomic E-state index is 6.29. The molecule has 20 heavy (non-hydrogen) atoms. The van der Waals surface area contributed by atoms with E-state index >= 15 is 0 Å². The van der Waals surface area contributed by atoms with E-state index in [1.54, 1.807) is 0 Å². The second kappa shape index (κ2) is 5.12. The Morgan fingerprint density at radius 3 is 2.65 bits per heavy atom. The summed E-state index contributed by atoms with van der Waals surface area (Å²) in [6, 6.07) is 13.9. The molecule has 2 aromatic carbocycles. The van der Waals surface area contributed by atoms with Crippen molar-refractivity contribution in [1.29, 1.82) is 0 Å². The number of aryl methyl sites for hydroxylation is 1. The van der Waals surface area contributed by atoms with Crippen molar-refractivity contribution in [3.63, 3.8) is 0 Å². The van der Waals surface area contributed by atoms with Crippen LogP contribution in [0, 0.1) is 6.92 Å². The van der Waals surface area contributed by atoms with Crippen LogP contribution in [0.3, 0.4) is 0 Å². The highest BCUT2D eigenvalue weighted by molar-refractivity contribution is 6.30. The van der Waals surface area contributed by atoms with Gasteiger partial charge >= 0.3 is 0 Å². The molecule has 0 N–H and O–H groups in total. The third-order valence-corrected chi connectivity index (χ3v) is 3.69. The molecule has 0 aliphatic carbocycles. The molecule has 3 aromatic rings. The van der Waals surface area contributed by atoms with E-state index in [9.17, 15) is 0 Å². The van der Waals surface area contributed by atoms with Gasteiger partial charge in [-0.15, -0.1) is 11.6 Å². The van der Waals surface area contributed by atoms with Crippen LogP contribution < -0.4 is 0 Å². The lowest BCUT2D eigenvalue weighted by Gasteiger charge is -2.11. The molecule has 0 bridgehead atoms. The van der Waals surface area contributed by atoms with Gasteiger partial charge in [0.25, 0.3) is 0 Å². The number of hydrogen-bond donors (Lipinski definition) is 0. The van der Waals surface area contributed by atoms with Gasteiger partial charge in [-0.1, -0.05) is 23.7 Å². The van der Waals surface area contributed by atoms with Crippen molar-refractivity contribution in [3.8, 4) is 5.69 Å². The van der Waals surface area contributed by atoms with Crippen molar-refractivity contribution < 1.29 is 0 Å². The van der Waals surface area contributed by atoms with E-state index in [1.807, 2.05) is 31.2 Å². The molecule has 2 nitrogen and oxygen atoms in total. The van der Waals surface area contributed by atoms with Crippen LogP contribution in [-0.2, 0) is 0 Å². The van der Waals surface area contributed by atoms with Crippen LogP contribution >= 0.6 is 23.2 Å². The molecule has 4 heteroatoms. The van der Waals surface area contributed by atoms with Crippen LogP contribution in [0.1, 0.15) is 23.7 Å². The molecule has 0 aliphatic heterocycles. The van der Waals surface area contributed by atoms with Crippen LogP contribution in [0.25, 0.3) is 16.7 Å². The first-order chi connectivity index (χ1) is 9.56. The van der Waals surface area contributed by atoms with Crippen LogP contribution in [-0.4, -0.2) is 9.55 Å². The first-order valence-electron chi connectivity index (χ1n) is 6.45. The SMILES string of the molecule is Cc1ccc2c(c1)nc(C(C)Cl)n2-c1cccc(Cl)c1. The summed E-state index contributed by atoms with van der Waals surface area (Å²) in [4.78, 5) is 4.67. The smallest absolute Gasteiger partial charge is 0.132 e. The minimum absolute atomic E-state index is 0.179. The Morgan fingerprint density at radius 2 is 1.95 bits per heavy atom. The quantitative estimate of drug-likeness (QED) is 0.588. The molecule has 102 valence electrons. The Hall–Kier alpha value is -1.51. The molecule has 1 aromatic heterocycles. The Bertz CT molecular complexity index is 775. The van der Waals surface area contributed by atoms with Gasteiger partial charge in [0, 0.05) is 10.7 Å². The van der Waals surface area contributed by atoms with Crippen LogP contribution in [0.2, 0.25) is 5.02 Å². The van der Waals surface area contributed by atoms with Crippen molar-refractivity contribution in [2.24, 2.45) is 0 Å². The van der Waals surface area contributed by atoms with Crippen molar-refractivity contribution in [3.05, 3.63) is 58.9 Å². The Morgan fingerprint density at radius 1 is 1.15 bits per heavy atom. The Balaban J connectivity index is 2.34. The second-order valence-corrected chi connectivity index (χ2v) is 5.98. The van der Waals surface area contributed by atoms with Gasteiger partial charge in [-0.25, -0.2) is 4.98 Å². The number of aromatic nitrogens is 2. The number of rotatable bonds is 2. The Kier molecular flexibility index (Phi) is 3.45. The van der Waals surface area contributed by atoms with E-state index in [0.29, 0.717) is 5.02 Å². The molecule has 1 atom stereocenters. The van der Waals surface area contributed by atoms with Gasteiger partial charge in [0.05, 0.1) is 16.4 Å². The lowest BCUT2D eigenvalue weighted by Crippen LogP contribution is -2.01. The van der Waals surface area contributed by atoms with E-state index in [4.69, 9.17) is 23.2 Å². The average molecular weight is 305 g/mol.